The first-order chi connectivity index (χ1) is 8.82. The van der Waals surface area contributed by atoms with Crippen LogP contribution < -0.4 is 0 Å². The van der Waals surface area contributed by atoms with Gasteiger partial charge in [0.05, 0.1) is 18.1 Å². The number of rotatable bonds is 3. The van der Waals surface area contributed by atoms with E-state index in [1.54, 1.807) is 0 Å². The van der Waals surface area contributed by atoms with Crippen LogP contribution in [-0.2, 0) is 11.3 Å². The Labute approximate surface area is 109 Å². The molecule has 1 unspecified atom stereocenters. The van der Waals surface area contributed by atoms with Crippen LogP contribution >= 0.6 is 0 Å². The van der Waals surface area contributed by atoms with Crippen LogP contribution in [0.3, 0.4) is 0 Å². The third-order valence-corrected chi connectivity index (χ3v) is 4.09. The Morgan fingerprint density at radius 3 is 2.78 bits per heavy atom. The molecular formula is C16H19NO. The zero-order valence-electron chi connectivity index (χ0n) is 10.6. The summed E-state index contributed by atoms with van der Waals surface area (Å²) in [7, 11) is 0. The molecule has 2 heteroatoms. The summed E-state index contributed by atoms with van der Waals surface area (Å²) in [5, 5.41) is 0. The predicted octanol–water partition coefficient (Wildman–Crippen LogP) is 2.30. The number of morpholine rings is 1. The largest absolute Gasteiger partial charge is 0.374 e. The van der Waals surface area contributed by atoms with Crippen LogP contribution in [0, 0.1) is 17.8 Å². The van der Waals surface area contributed by atoms with E-state index in [-0.39, 0.29) is 11.5 Å². The third kappa shape index (κ3) is 2.29. The first kappa shape index (κ1) is 11.8. The van der Waals surface area contributed by atoms with Gasteiger partial charge in [-0.1, -0.05) is 36.3 Å². The summed E-state index contributed by atoms with van der Waals surface area (Å²) in [6.45, 7) is 3.79. The van der Waals surface area contributed by atoms with Crippen molar-refractivity contribution in [1.82, 2.24) is 4.90 Å². The van der Waals surface area contributed by atoms with Crippen LogP contribution in [0.15, 0.2) is 30.3 Å². The fourth-order valence-corrected chi connectivity index (χ4v) is 2.72. The summed E-state index contributed by atoms with van der Waals surface area (Å²) >= 11 is 0. The highest BCUT2D eigenvalue weighted by atomic mass is 16.5. The van der Waals surface area contributed by atoms with Crippen molar-refractivity contribution in [1.29, 1.82) is 0 Å². The van der Waals surface area contributed by atoms with Crippen molar-refractivity contribution in [2.24, 2.45) is 5.41 Å². The number of ether oxygens (including phenoxy) is 1. The second kappa shape index (κ2) is 4.76. The van der Waals surface area contributed by atoms with Gasteiger partial charge in [-0.2, -0.15) is 0 Å². The van der Waals surface area contributed by atoms with E-state index in [0.29, 0.717) is 0 Å². The van der Waals surface area contributed by atoms with E-state index in [1.165, 1.54) is 5.56 Å². The van der Waals surface area contributed by atoms with Crippen LogP contribution in [0.4, 0.5) is 0 Å². The molecule has 1 aliphatic carbocycles. The molecule has 0 radical (unpaired) electrons. The van der Waals surface area contributed by atoms with E-state index < -0.39 is 0 Å². The molecule has 2 fully saturated rings. The minimum Gasteiger partial charge on any atom is -0.374 e. The van der Waals surface area contributed by atoms with Gasteiger partial charge in [-0.3, -0.25) is 4.90 Å². The lowest BCUT2D eigenvalue weighted by Crippen LogP contribution is -2.45. The molecule has 1 aliphatic heterocycles. The Hall–Kier alpha value is -1.30. The van der Waals surface area contributed by atoms with E-state index >= 15 is 0 Å². The van der Waals surface area contributed by atoms with Crippen molar-refractivity contribution >= 4 is 0 Å². The molecule has 1 atom stereocenters. The first-order valence-corrected chi connectivity index (χ1v) is 6.68. The highest BCUT2D eigenvalue weighted by molar-refractivity contribution is 5.20. The molecule has 2 aliphatic rings. The topological polar surface area (TPSA) is 12.5 Å². The van der Waals surface area contributed by atoms with Crippen LogP contribution in [0.1, 0.15) is 18.4 Å². The van der Waals surface area contributed by atoms with Crippen molar-refractivity contribution in [3.63, 3.8) is 0 Å². The summed E-state index contributed by atoms with van der Waals surface area (Å²) < 4.78 is 5.88. The molecule has 1 saturated heterocycles. The zero-order chi connectivity index (χ0) is 12.4. The quantitative estimate of drug-likeness (QED) is 0.753. The highest BCUT2D eigenvalue weighted by Crippen LogP contribution is 2.50. The number of nitrogens with zero attached hydrogens (tertiary/aromatic N) is 1. The number of benzene rings is 1. The van der Waals surface area contributed by atoms with Gasteiger partial charge in [0.15, 0.2) is 0 Å². The molecule has 0 aromatic heterocycles. The van der Waals surface area contributed by atoms with Gasteiger partial charge in [0, 0.05) is 19.6 Å². The summed E-state index contributed by atoms with van der Waals surface area (Å²) in [6.07, 6.45) is 8.15. The van der Waals surface area contributed by atoms with Crippen LogP contribution in [0.5, 0.6) is 0 Å². The molecule has 0 amide bonds. The lowest BCUT2D eigenvalue weighted by Gasteiger charge is -2.35. The van der Waals surface area contributed by atoms with Gasteiger partial charge in [0.1, 0.15) is 0 Å². The molecule has 2 nitrogen and oxygen atoms in total. The van der Waals surface area contributed by atoms with Crippen molar-refractivity contribution in [3.05, 3.63) is 35.9 Å². The first-order valence-electron chi connectivity index (χ1n) is 6.68. The fraction of sp³-hybridized carbons (Fsp3) is 0.500. The van der Waals surface area contributed by atoms with Crippen molar-refractivity contribution in [2.45, 2.75) is 25.5 Å². The maximum absolute atomic E-state index is 5.88. The third-order valence-electron chi connectivity index (χ3n) is 4.09. The van der Waals surface area contributed by atoms with Crippen LogP contribution in [0.25, 0.3) is 0 Å². The summed E-state index contributed by atoms with van der Waals surface area (Å²) in [4.78, 5) is 2.46. The summed E-state index contributed by atoms with van der Waals surface area (Å²) in [5.41, 5.74) is 1.42. The zero-order valence-corrected chi connectivity index (χ0v) is 10.6. The van der Waals surface area contributed by atoms with E-state index in [1.807, 2.05) is 0 Å². The van der Waals surface area contributed by atoms with E-state index in [4.69, 9.17) is 11.2 Å². The summed E-state index contributed by atoms with van der Waals surface area (Å²) in [5.74, 6) is 2.95. The molecule has 0 spiro atoms. The predicted molar refractivity (Wildman–Crippen MR) is 72.0 cm³/mol. The van der Waals surface area contributed by atoms with Gasteiger partial charge in [0.25, 0.3) is 0 Å². The Morgan fingerprint density at radius 1 is 1.33 bits per heavy atom. The van der Waals surface area contributed by atoms with Gasteiger partial charge < -0.3 is 4.74 Å². The molecule has 18 heavy (non-hydrogen) atoms. The maximum Gasteiger partial charge on any atom is 0.0867 e. The van der Waals surface area contributed by atoms with E-state index in [9.17, 15) is 0 Å². The van der Waals surface area contributed by atoms with Crippen molar-refractivity contribution < 1.29 is 4.74 Å². The molecule has 1 heterocycles. The number of terminal acetylenes is 1. The van der Waals surface area contributed by atoms with Gasteiger partial charge in [-0.05, 0) is 18.4 Å². The van der Waals surface area contributed by atoms with E-state index in [0.717, 1.165) is 39.1 Å². The average molecular weight is 241 g/mol. The van der Waals surface area contributed by atoms with Crippen molar-refractivity contribution in [2.75, 3.05) is 19.7 Å². The van der Waals surface area contributed by atoms with Gasteiger partial charge in [-0.25, -0.2) is 0 Å². The average Bonchev–Trinajstić information content (AvgIpc) is 3.21. The molecule has 0 bridgehead atoms. The lowest BCUT2D eigenvalue weighted by atomic mass is 9.98. The van der Waals surface area contributed by atoms with E-state index in [2.05, 4.69) is 41.2 Å². The Bertz CT molecular complexity index is 444. The second-order valence-electron chi connectivity index (χ2n) is 5.38. The van der Waals surface area contributed by atoms with Crippen molar-refractivity contribution in [3.8, 4) is 12.3 Å². The molecular weight excluding hydrogens is 222 g/mol. The number of hydrogen-bond donors (Lipinski definition) is 0. The molecule has 3 rings (SSSR count). The minimum atomic E-state index is 0.0510. The molecule has 1 aromatic carbocycles. The Balaban J connectivity index is 1.63. The van der Waals surface area contributed by atoms with Gasteiger partial charge in [0.2, 0.25) is 0 Å². The van der Waals surface area contributed by atoms with Gasteiger partial charge in [-0.15, -0.1) is 6.42 Å². The molecule has 1 saturated carbocycles. The molecule has 1 aromatic rings. The molecule has 94 valence electrons. The summed E-state index contributed by atoms with van der Waals surface area (Å²) in [6, 6.07) is 10.6. The Kier molecular flexibility index (Phi) is 3.11. The monoisotopic (exact) mass is 241 g/mol. The number of hydrogen-bond acceptors (Lipinski definition) is 2. The minimum absolute atomic E-state index is 0.0510. The SMILES string of the molecule is C#CC1(C2CN(Cc3ccccc3)CCO2)CC1. The normalized spacial score (nSPS) is 26.5. The van der Waals surface area contributed by atoms with Crippen LogP contribution in [-0.4, -0.2) is 30.7 Å². The second-order valence-corrected chi connectivity index (χ2v) is 5.38. The smallest absolute Gasteiger partial charge is 0.0867 e. The maximum atomic E-state index is 5.88. The van der Waals surface area contributed by atoms with Crippen LogP contribution in [0.2, 0.25) is 0 Å². The molecule has 0 N–H and O–H groups in total. The lowest BCUT2D eigenvalue weighted by molar-refractivity contribution is -0.0552. The highest BCUT2D eigenvalue weighted by Gasteiger charge is 2.50. The standard InChI is InChI=1S/C16H19NO/c1-2-16(8-9-16)15-13-17(10-11-18-15)12-14-6-4-3-5-7-14/h1,3-7,15H,8-13H2. The van der Waals surface area contributed by atoms with Gasteiger partial charge >= 0.3 is 0 Å². The fourth-order valence-electron chi connectivity index (χ4n) is 2.72. The Morgan fingerprint density at radius 2 is 2.11 bits per heavy atom.